The van der Waals surface area contributed by atoms with Gasteiger partial charge >= 0.3 is 12.1 Å². The molecule has 0 aliphatic rings. The molecule has 0 saturated carbocycles. The molecule has 0 aliphatic heterocycles. The normalized spacial score (nSPS) is 11.3. The van der Waals surface area contributed by atoms with Crippen LogP contribution < -0.4 is 5.32 Å². The molecule has 22 heavy (non-hydrogen) atoms. The molecule has 2 aromatic rings. The Morgan fingerprint density at radius 2 is 2.14 bits per heavy atom. The van der Waals surface area contributed by atoms with Crippen molar-refractivity contribution >= 4 is 5.91 Å². The minimum absolute atomic E-state index is 0.0444. The lowest BCUT2D eigenvalue weighted by Crippen LogP contribution is -2.24. The van der Waals surface area contributed by atoms with Crippen molar-refractivity contribution in [1.29, 1.82) is 0 Å². The monoisotopic (exact) mass is 315 g/mol. The fraction of sp³-hybridized carbons (Fsp3) is 0.154. The first-order chi connectivity index (χ1) is 10.3. The molecule has 1 amide bonds. The molecule has 0 bridgehead atoms. The number of nitrogens with one attached hydrogen (secondary N) is 1. The summed E-state index contributed by atoms with van der Waals surface area (Å²) >= 11 is 0. The van der Waals surface area contributed by atoms with Gasteiger partial charge in [0.25, 0.3) is 5.91 Å². The first-order valence-electron chi connectivity index (χ1n) is 5.93. The van der Waals surface area contributed by atoms with Crippen LogP contribution in [0.4, 0.5) is 17.6 Å². The molecule has 0 spiro atoms. The highest BCUT2D eigenvalue weighted by Gasteiger charge is 2.38. The summed E-state index contributed by atoms with van der Waals surface area (Å²) in [5.74, 6) is -3.55. The van der Waals surface area contributed by atoms with Crippen molar-refractivity contribution in [2.24, 2.45) is 0 Å². The third-order valence-electron chi connectivity index (χ3n) is 2.55. The highest BCUT2D eigenvalue weighted by atomic mass is 19.4. The Hall–Kier alpha value is -2.71. The van der Waals surface area contributed by atoms with Gasteiger partial charge in [-0.1, -0.05) is 17.3 Å². The predicted molar refractivity (Wildman–Crippen MR) is 67.2 cm³/mol. The molecule has 0 unspecified atom stereocenters. The van der Waals surface area contributed by atoms with E-state index in [0.29, 0.717) is 0 Å². The molecule has 2 rings (SSSR count). The van der Waals surface area contributed by atoms with Gasteiger partial charge in [0.05, 0.1) is 5.56 Å². The van der Waals surface area contributed by atoms with E-state index < -0.39 is 29.6 Å². The molecule has 1 heterocycles. The Morgan fingerprint density at radius 3 is 2.68 bits per heavy atom. The molecule has 5 nitrogen and oxygen atoms in total. The maximum absolute atomic E-state index is 13.9. The molecular formula is C13H9F4N3O2. The number of hydrogen-bond donors (Lipinski definition) is 1. The summed E-state index contributed by atoms with van der Waals surface area (Å²) in [7, 11) is 0. The van der Waals surface area contributed by atoms with Crippen LogP contribution in [-0.2, 0) is 6.18 Å². The van der Waals surface area contributed by atoms with Crippen LogP contribution in [0, 0.1) is 5.82 Å². The second kappa shape index (κ2) is 5.96. The van der Waals surface area contributed by atoms with Gasteiger partial charge in [0, 0.05) is 12.1 Å². The van der Waals surface area contributed by atoms with E-state index in [2.05, 4.69) is 26.6 Å². The van der Waals surface area contributed by atoms with Crippen LogP contribution >= 0.6 is 0 Å². The van der Waals surface area contributed by atoms with Gasteiger partial charge in [-0.15, -0.1) is 6.58 Å². The fourth-order valence-electron chi connectivity index (χ4n) is 1.55. The molecule has 1 N–H and O–H groups in total. The van der Waals surface area contributed by atoms with Crippen molar-refractivity contribution in [1.82, 2.24) is 15.5 Å². The van der Waals surface area contributed by atoms with Crippen LogP contribution in [0.2, 0.25) is 0 Å². The first-order valence-corrected chi connectivity index (χ1v) is 5.93. The Bertz CT molecular complexity index is 710. The average Bonchev–Trinajstić information content (AvgIpc) is 2.94. The third-order valence-corrected chi connectivity index (χ3v) is 2.55. The number of amides is 1. The number of halogens is 4. The van der Waals surface area contributed by atoms with Gasteiger partial charge in [0.15, 0.2) is 0 Å². The maximum Gasteiger partial charge on any atom is 0.471 e. The Kier molecular flexibility index (Phi) is 4.25. The average molecular weight is 315 g/mol. The molecule has 1 aromatic heterocycles. The van der Waals surface area contributed by atoms with Gasteiger partial charge in [-0.3, -0.25) is 4.79 Å². The van der Waals surface area contributed by atoms with Crippen LogP contribution in [0.25, 0.3) is 11.4 Å². The molecule has 116 valence electrons. The van der Waals surface area contributed by atoms with Gasteiger partial charge in [-0.05, 0) is 12.1 Å². The zero-order chi connectivity index (χ0) is 16.3. The van der Waals surface area contributed by atoms with Gasteiger partial charge < -0.3 is 9.84 Å². The lowest BCUT2D eigenvalue weighted by molar-refractivity contribution is -0.159. The van der Waals surface area contributed by atoms with Crippen LogP contribution in [0.1, 0.15) is 16.2 Å². The standard InChI is InChI=1S/C13H9F4N3O2/c1-2-5-18-11(21)8-4-3-7(6-9(8)14)10-19-12(22-20-10)13(15,16)17/h2-4,6H,1,5H2,(H,18,21). The number of alkyl halides is 3. The summed E-state index contributed by atoms with van der Waals surface area (Å²) < 4.78 is 55.0. The second-order valence-corrected chi connectivity index (χ2v) is 4.11. The van der Waals surface area contributed by atoms with E-state index in [-0.39, 0.29) is 17.7 Å². The molecule has 0 fully saturated rings. The van der Waals surface area contributed by atoms with E-state index in [1.807, 2.05) is 0 Å². The summed E-state index contributed by atoms with van der Waals surface area (Å²) in [6, 6.07) is 3.19. The van der Waals surface area contributed by atoms with Crippen molar-refractivity contribution in [3.63, 3.8) is 0 Å². The van der Waals surface area contributed by atoms with Crippen molar-refractivity contribution in [2.45, 2.75) is 6.18 Å². The zero-order valence-electron chi connectivity index (χ0n) is 10.9. The smallest absolute Gasteiger partial charge is 0.348 e. The molecular weight excluding hydrogens is 306 g/mol. The number of hydrogen-bond acceptors (Lipinski definition) is 4. The van der Waals surface area contributed by atoms with Crippen LogP contribution in [0.3, 0.4) is 0 Å². The van der Waals surface area contributed by atoms with Crippen LogP contribution in [0.15, 0.2) is 35.4 Å². The molecule has 0 radical (unpaired) electrons. The van der Waals surface area contributed by atoms with E-state index in [0.717, 1.165) is 12.1 Å². The summed E-state index contributed by atoms with van der Waals surface area (Å²) in [5.41, 5.74) is -0.304. The second-order valence-electron chi connectivity index (χ2n) is 4.11. The summed E-state index contributed by atoms with van der Waals surface area (Å²) in [6.07, 6.45) is -3.36. The highest BCUT2D eigenvalue weighted by Crippen LogP contribution is 2.29. The number of carbonyl (C=O) groups is 1. The van der Waals surface area contributed by atoms with Crippen LogP contribution in [0.5, 0.6) is 0 Å². The quantitative estimate of drug-likeness (QED) is 0.696. The Balaban J connectivity index is 2.27. The van der Waals surface area contributed by atoms with E-state index in [9.17, 15) is 22.4 Å². The summed E-state index contributed by atoms with van der Waals surface area (Å²) in [4.78, 5) is 14.7. The predicted octanol–water partition coefficient (Wildman–Crippen LogP) is 2.81. The highest BCUT2D eigenvalue weighted by molar-refractivity contribution is 5.95. The van der Waals surface area contributed by atoms with Crippen molar-refractivity contribution < 1.29 is 26.9 Å². The number of benzene rings is 1. The fourth-order valence-corrected chi connectivity index (χ4v) is 1.55. The summed E-state index contributed by atoms with van der Waals surface area (Å²) in [5, 5.41) is 5.51. The molecule has 9 heteroatoms. The Labute approximate surface area is 121 Å². The number of nitrogens with zero attached hydrogens (tertiary/aromatic N) is 2. The topological polar surface area (TPSA) is 68.0 Å². The summed E-state index contributed by atoms with van der Waals surface area (Å²) in [6.45, 7) is 3.55. The van der Waals surface area contributed by atoms with Gasteiger partial charge in [0.1, 0.15) is 5.82 Å². The Morgan fingerprint density at radius 1 is 1.41 bits per heavy atom. The van der Waals surface area contributed by atoms with Crippen molar-refractivity contribution in [3.05, 3.63) is 48.1 Å². The van der Waals surface area contributed by atoms with Crippen LogP contribution in [-0.4, -0.2) is 22.6 Å². The maximum atomic E-state index is 13.9. The van der Waals surface area contributed by atoms with E-state index in [1.54, 1.807) is 0 Å². The van der Waals surface area contributed by atoms with E-state index in [1.165, 1.54) is 12.1 Å². The van der Waals surface area contributed by atoms with E-state index >= 15 is 0 Å². The van der Waals surface area contributed by atoms with Crippen molar-refractivity contribution in [3.8, 4) is 11.4 Å². The third kappa shape index (κ3) is 3.30. The minimum Gasteiger partial charge on any atom is -0.348 e. The lowest BCUT2D eigenvalue weighted by atomic mass is 10.1. The molecule has 1 aromatic carbocycles. The molecule has 0 saturated heterocycles. The zero-order valence-corrected chi connectivity index (χ0v) is 10.9. The van der Waals surface area contributed by atoms with Gasteiger partial charge in [-0.2, -0.15) is 18.2 Å². The number of carbonyl (C=O) groups excluding carboxylic acids is 1. The van der Waals surface area contributed by atoms with Gasteiger partial charge in [-0.25, -0.2) is 4.39 Å². The van der Waals surface area contributed by atoms with E-state index in [4.69, 9.17) is 0 Å². The minimum atomic E-state index is -4.78. The lowest BCUT2D eigenvalue weighted by Gasteiger charge is -2.04. The molecule has 0 atom stereocenters. The van der Waals surface area contributed by atoms with Crippen molar-refractivity contribution in [2.75, 3.05) is 6.54 Å². The number of rotatable bonds is 4. The first kappa shape index (κ1) is 15.7. The number of aromatic nitrogens is 2. The SMILES string of the molecule is C=CCNC(=O)c1ccc(-c2noc(C(F)(F)F)n2)cc1F. The van der Waals surface area contributed by atoms with Gasteiger partial charge in [0.2, 0.25) is 5.82 Å². The molecule has 0 aliphatic carbocycles. The largest absolute Gasteiger partial charge is 0.471 e.